The summed E-state index contributed by atoms with van der Waals surface area (Å²) in [6.45, 7) is 5.67. The second-order valence-corrected chi connectivity index (χ2v) is 7.26. The first kappa shape index (κ1) is 20.3. The van der Waals surface area contributed by atoms with Crippen LogP contribution in [0.25, 0.3) is 0 Å². The van der Waals surface area contributed by atoms with Crippen LogP contribution in [0.5, 0.6) is 0 Å². The number of nitrogens with zero attached hydrogens (tertiary/aromatic N) is 1. The summed E-state index contributed by atoms with van der Waals surface area (Å²) in [4.78, 5) is 36.8. The second kappa shape index (κ2) is 9.56. The second-order valence-electron chi connectivity index (χ2n) is 5.07. The molecule has 0 saturated carbocycles. The van der Waals surface area contributed by atoms with Gasteiger partial charge in [0.25, 0.3) is 5.56 Å². The van der Waals surface area contributed by atoms with Crippen molar-refractivity contribution in [2.75, 3.05) is 25.9 Å². The molecular formula is C14H24N3O6P. The zero-order chi connectivity index (χ0) is 18.2. The van der Waals surface area contributed by atoms with Crippen LogP contribution in [0.15, 0.2) is 15.8 Å². The number of H-pyrrole nitrogens is 1. The molecule has 0 aliphatic carbocycles. The molecule has 24 heavy (non-hydrogen) atoms. The molecule has 0 bridgehead atoms. The molecule has 2 N–H and O–H groups in total. The van der Waals surface area contributed by atoms with Gasteiger partial charge in [0, 0.05) is 18.3 Å². The molecule has 1 heterocycles. The first-order valence-corrected chi connectivity index (χ1v) is 9.49. The Morgan fingerprint density at radius 3 is 2.50 bits per heavy atom. The number of amides is 1. The number of aryl methyl sites for hydroxylation is 1. The normalized spacial score (nSPS) is 11.5. The lowest BCUT2D eigenvalue weighted by Gasteiger charge is -2.16. The van der Waals surface area contributed by atoms with Gasteiger partial charge in [-0.15, -0.1) is 0 Å². The van der Waals surface area contributed by atoms with E-state index in [9.17, 15) is 18.9 Å². The van der Waals surface area contributed by atoms with E-state index in [1.807, 2.05) is 0 Å². The first-order chi connectivity index (χ1) is 11.3. The van der Waals surface area contributed by atoms with Crippen LogP contribution < -0.4 is 16.6 Å². The smallest absolute Gasteiger partial charge is 0.330 e. The van der Waals surface area contributed by atoms with Crippen molar-refractivity contribution in [2.45, 2.75) is 33.7 Å². The predicted molar refractivity (Wildman–Crippen MR) is 89.4 cm³/mol. The molecule has 0 aromatic carbocycles. The van der Waals surface area contributed by atoms with Gasteiger partial charge in [-0.1, -0.05) is 0 Å². The summed E-state index contributed by atoms with van der Waals surface area (Å²) in [5.41, 5.74) is -0.769. The van der Waals surface area contributed by atoms with Gasteiger partial charge in [0.15, 0.2) is 0 Å². The average Bonchev–Trinajstić information content (AvgIpc) is 2.50. The molecule has 10 heteroatoms. The van der Waals surface area contributed by atoms with E-state index < -0.39 is 18.8 Å². The minimum absolute atomic E-state index is 0.201. The monoisotopic (exact) mass is 361 g/mol. The van der Waals surface area contributed by atoms with Gasteiger partial charge in [0.1, 0.15) is 6.54 Å². The van der Waals surface area contributed by atoms with Crippen molar-refractivity contribution in [3.05, 3.63) is 32.6 Å². The highest BCUT2D eigenvalue weighted by Crippen LogP contribution is 2.48. The van der Waals surface area contributed by atoms with Crippen LogP contribution in [0.4, 0.5) is 0 Å². The van der Waals surface area contributed by atoms with E-state index in [1.165, 1.54) is 6.20 Å². The number of hydrogen-bond donors (Lipinski definition) is 2. The first-order valence-electron chi connectivity index (χ1n) is 7.76. The van der Waals surface area contributed by atoms with E-state index in [0.29, 0.717) is 12.0 Å². The molecule has 1 rings (SSSR count). The van der Waals surface area contributed by atoms with Crippen molar-refractivity contribution < 1.29 is 18.4 Å². The van der Waals surface area contributed by atoms with E-state index in [-0.39, 0.29) is 38.4 Å². The van der Waals surface area contributed by atoms with Gasteiger partial charge < -0.3 is 14.4 Å². The third-order valence-corrected chi connectivity index (χ3v) is 5.25. The van der Waals surface area contributed by atoms with Crippen LogP contribution in [-0.2, 0) is 25.0 Å². The van der Waals surface area contributed by atoms with Crippen LogP contribution in [0.3, 0.4) is 0 Å². The average molecular weight is 361 g/mol. The summed E-state index contributed by atoms with van der Waals surface area (Å²) < 4.78 is 23.7. The summed E-state index contributed by atoms with van der Waals surface area (Å²) in [6, 6.07) is 0. The summed E-state index contributed by atoms with van der Waals surface area (Å²) in [6.07, 6.45) is 1.95. The van der Waals surface area contributed by atoms with Gasteiger partial charge in [-0.2, -0.15) is 0 Å². The third kappa shape index (κ3) is 6.43. The SMILES string of the molecule is CCOP(=O)(CCCNC(=O)Cn1cc(C)c(=O)[nH]c1=O)OCC. The van der Waals surface area contributed by atoms with Crippen molar-refractivity contribution in [1.29, 1.82) is 0 Å². The summed E-state index contributed by atoms with van der Waals surface area (Å²) >= 11 is 0. The van der Waals surface area contributed by atoms with Crippen molar-refractivity contribution in [1.82, 2.24) is 14.9 Å². The number of nitrogens with one attached hydrogen (secondary N) is 2. The molecule has 9 nitrogen and oxygen atoms in total. The highest BCUT2D eigenvalue weighted by Gasteiger charge is 2.22. The maximum atomic E-state index is 12.2. The highest BCUT2D eigenvalue weighted by atomic mass is 31.2. The van der Waals surface area contributed by atoms with Gasteiger partial charge in [-0.25, -0.2) is 4.79 Å². The van der Waals surface area contributed by atoms with Crippen molar-refractivity contribution in [3.8, 4) is 0 Å². The highest BCUT2D eigenvalue weighted by molar-refractivity contribution is 7.53. The zero-order valence-electron chi connectivity index (χ0n) is 14.2. The maximum Gasteiger partial charge on any atom is 0.330 e. The molecule has 0 atom stereocenters. The van der Waals surface area contributed by atoms with E-state index in [0.717, 1.165) is 4.57 Å². The van der Waals surface area contributed by atoms with E-state index in [1.54, 1.807) is 20.8 Å². The van der Waals surface area contributed by atoms with Gasteiger partial charge in [0.2, 0.25) is 5.91 Å². The lowest BCUT2D eigenvalue weighted by Crippen LogP contribution is -2.36. The van der Waals surface area contributed by atoms with Crippen LogP contribution in [0, 0.1) is 6.92 Å². The molecule has 0 saturated heterocycles. The third-order valence-electron chi connectivity index (χ3n) is 3.09. The van der Waals surface area contributed by atoms with E-state index >= 15 is 0 Å². The summed E-state index contributed by atoms with van der Waals surface area (Å²) in [5, 5.41) is 2.63. The molecule has 1 amide bonds. The summed E-state index contributed by atoms with van der Waals surface area (Å²) in [5.74, 6) is -0.383. The van der Waals surface area contributed by atoms with Gasteiger partial charge in [-0.3, -0.25) is 23.7 Å². The fourth-order valence-electron chi connectivity index (χ4n) is 2.01. The Labute approximate surface area is 139 Å². The zero-order valence-corrected chi connectivity index (χ0v) is 15.1. The van der Waals surface area contributed by atoms with Crippen LogP contribution in [0.1, 0.15) is 25.8 Å². The van der Waals surface area contributed by atoms with Gasteiger partial charge in [-0.05, 0) is 27.2 Å². The van der Waals surface area contributed by atoms with Crippen LogP contribution in [0.2, 0.25) is 0 Å². The maximum absolute atomic E-state index is 12.2. The molecule has 0 fully saturated rings. The fraction of sp³-hybridized carbons (Fsp3) is 0.643. The molecule has 0 radical (unpaired) electrons. The number of aromatic amines is 1. The Morgan fingerprint density at radius 2 is 1.92 bits per heavy atom. The van der Waals surface area contributed by atoms with Crippen molar-refractivity contribution in [2.24, 2.45) is 0 Å². The fourth-order valence-corrected chi connectivity index (χ4v) is 3.67. The Balaban J connectivity index is 2.47. The molecular weight excluding hydrogens is 337 g/mol. The standard InChI is InChI=1S/C14H24N3O6P/c1-4-22-24(21,23-5-2)8-6-7-15-12(18)10-17-9-11(3)13(19)16-14(17)20/h9H,4-8,10H2,1-3H3,(H,15,18)(H,16,19,20). The minimum Gasteiger partial charge on any atom is -0.355 e. The molecule has 136 valence electrons. The number of hydrogen-bond acceptors (Lipinski definition) is 6. The molecule has 0 unspecified atom stereocenters. The van der Waals surface area contributed by atoms with Gasteiger partial charge in [0.05, 0.1) is 19.4 Å². The number of carbonyl (C=O) groups excluding carboxylic acids is 1. The van der Waals surface area contributed by atoms with Crippen molar-refractivity contribution in [3.63, 3.8) is 0 Å². The molecule has 1 aromatic rings. The van der Waals surface area contributed by atoms with Crippen molar-refractivity contribution >= 4 is 13.5 Å². The largest absolute Gasteiger partial charge is 0.355 e. The number of carbonyl (C=O) groups is 1. The molecule has 0 aliphatic heterocycles. The van der Waals surface area contributed by atoms with Gasteiger partial charge >= 0.3 is 13.3 Å². The predicted octanol–water partition coefficient (Wildman–Crippen LogP) is 0.617. The van der Waals surface area contributed by atoms with E-state index in [2.05, 4.69) is 10.3 Å². The Bertz CT molecular complexity index is 701. The van der Waals surface area contributed by atoms with Crippen LogP contribution >= 0.6 is 7.60 Å². The Morgan fingerprint density at radius 1 is 1.29 bits per heavy atom. The lowest BCUT2D eigenvalue weighted by molar-refractivity contribution is -0.121. The number of aromatic nitrogens is 2. The minimum atomic E-state index is -3.11. The van der Waals surface area contributed by atoms with Crippen LogP contribution in [-0.4, -0.2) is 41.4 Å². The summed E-state index contributed by atoms with van der Waals surface area (Å²) in [7, 11) is -3.11. The lowest BCUT2D eigenvalue weighted by atomic mass is 10.4. The Kier molecular flexibility index (Phi) is 8.10. The Hall–Kier alpha value is -1.70. The quantitative estimate of drug-likeness (QED) is 0.466. The van der Waals surface area contributed by atoms with E-state index in [4.69, 9.17) is 9.05 Å². The molecule has 1 aromatic heterocycles. The molecule has 0 aliphatic rings. The number of rotatable bonds is 10. The molecule has 0 spiro atoms. The topological polar surface area (TPSA) is 119 Å².